The van der Waals surface area contributed by atoms with Gasteiger partial charge >= 0.3 is 0 Å². The summed E-state index contributed by atoms with van der Waals surface area (Å²) in [5.41, 5.74) is 4.26. The molecule has 96 valence electrons. The average Bonchev–Trinajstić information content (AvgIpc) is 2.30. The highest BCUT2D eigenvalue weighted by Gasteiger charge is 2.15. The first-order valence-corrected chi connectivity index (χ1v) is 7.31. The summed E-state index contributed by atoms with van der Waals surface area (Å²) >= 11 is 1.88. The van der Waals surface area contributed by atoms with E-state index in [1.54, 1.807) is 0 Å². The van der Waals surface area contributed by atoms with E-state index in [0.29, 0.717) is 12.0 Å². The molecule has 0 saturated carbocycles. The molecule has 2 atom stereocenters. The minimum atomic E-state index is 0.389. The summed E-state index contributed by atoms with van der Waals surface area (Å²) < 4.78 is 0. The van der Waals surface area contributed by atoms with E-state index < -0.39 is 0 Å². The van der Waals surface area contributed by atoms with Crippen LogP contribution in [-0.2, 0) is 0 Å². The van der Waals surface area contributed by atoms with Crippen molar-refractivity contribution in [2.75, 3.05) is 5.75 Å². The zero-order chi connectivity index (χ0) is 12.7. The van der Waals surface area contributed by atoms with E-state index in [-0.39, 0.29) is 0 Å². The van der Waals surface area contributed by atoms with Gasteiger partial charge in [-0.15, -0.1) is 11.8 Å². The number of rotatable bonds is 7. The molecule has 0 spiro atoms. The molecule has 1 rings (SSSR count). The van der Waals surface area contributed by atoms with Crippen molar-refractivity contribution in [1.82, 2.24) is 5.43 Å². The number of thioether (sulfide) groups is 1. The van der Waals surface area contributed by atoms with Crippen LogP contribution < -0.4 is 11.3 Å². The largest absolute Gasteiger partial charge is 0.271 e. The summed E-state index contributed by atoms with van der Waals surface area (Å²) in [7, 11) is 0. The summed E-state index contributed by atoms with van der Waals surface area (Å²) in [4.78, 5) is 1.33. The van der Waals surface area contributed by atoms with Crippen LogP contribution in [0.4, 0.5) is 0 Å². The molecule has 2 nitrogen and oxygen atoms in total. The molecule has 0 heterocycles. The Kier molecular flexibility index (Phi) is 6.63. The van der Waals surface area contributed by atoms with Crippen molar-refractivity contribution in [3.05, 3.63) is 29.8 Å². The Morgan fingerprint density at radius 2 is 2.18 bits per heavy atom. The molecule has 0 aliphatic rings. The fraction of sp³-hybridized carbons (Fsp3) is 0.571. The molecule has 0 fully saturated rings. The Morgan fingerprint density at radius 3 is 2.76 bits per heavy atom. The van der Waals surface area contributed by atoms with Gasteiger partial charge in [-0.1, -0.05) is 38.0 Å². The second kappa shape index (κ2) is 7.75. The van der Waals surface area contributed by atoms with E-state index in [9.17, 15) is 0 Å². The van der Waals surface area contributed by atoms with Gasteiger partial charge in [0.2, 0.25) is 0 Å². The summed E-state index contributed by atoms with van der Waals surface area (Å²) in [5, 5.41) is 0. The van der Waals surface area contributed by atoms with Crippen molar-refractivity contribution in [2.45, 2.75) is 44.6 Å². The summed E-state index contributed by atoms with van der Waals surface area (Å²) in [5.74, 6) is 7.29. The molecule has 1 aromatic carbocycles. The van der Waals surface area contributed by atoms with Gasteiger partial charge in [-0.2, -0.15) is 0 Å². The van der Waals surface area contributed by atoms with Crippen LogP contribution in [0.2, 0.25) is 0 Å². The van der Waals surface area contributed by atoms with Gasteiger partial charge < -0.3 is 0 Å². The van der Waals surface area contributed by atoms with Crippen LogP contribution in [0, 0.1) is 12.8 Å². The Morgan fingerprint density at radius 1 is 1.41 bits per heavy atom. The highest BCUT2D eigenvalue weighted by molar-refractivity contribution is 7.99. The molecule has 0 aliphatic heterocycles. The van der Waals surface area contributed by atoms with Gasteiger partial charge in [-0.3, -0.25) is 11.3 Å². The predicted octanol–water partition coefficient (Wildman–Crippen LogP) is 3.36. The van der Waals surface area contributed by atoms with Crippen LogP contribution in [0.1, 0.15) is 32.3 Å². The molecule has 1 aromatic rings. The van der Waals surface area contributed by atoms with E-state index in [1.807, 2.05) is 11.8 Å². The van der Waals surface area contributed by atoms with E-state index in [4.69, 9.17) is 5.84 Å². The van der Waals surface area contributed by atoms with Gasteiger partial charge in [0.15, 0.2) is 0 Å². The molecule has 2 unspecified atom stereocenters. The lowest BCUT2D eigenvalue weighted by atomic mass is 9.99. The first-order chi connectivity index (χ1) is 8.17. The molecule has 0 aromatic heterocycles. The van der Waals surface area contributed by atoms with Gasteiger partial charge in [0.1, 0.15) is 0 Å². The Labute approximate surface area is 109 Å². The lowest BCUT2D eigenvalue weighted by Crippen LogP contribution is -2.41. The Hall–Kier alpha value is -0.510. The second-order valence-corrected chi connectivity index (χ2v) is 5.76. The summed E-state index contributed by atoms with van der Waals surface area (Å²) in [6.45, 7) is 6.62. The Bertz CT molecular complexity index is 328. The second-order valence-electron chi connectivity index (χ2n) is 4.67. The maximum atomic E-state index is 5.63. The van der Waals surface area contributed by atoms with Crippen LogP contribution in [0.3, 0.4) is 0 Å². The first kappa shape index (κ1) is 14.6. The molecule has 0 radical (unpaired) electrons. The summed E-state index contributed by atoms with van der Waals surface area (Å²) in [6, 6.07) is 9.01. The van der Waals surface area contributed by atoms with E-state index in [1.165, 1.54) is 23.3 Å². The lowest BCUT2D eigenvalue weighted by molar-refractivity contribution is 0.387. The molecule has 0 saturated heterocycles. The lowest BCUT2D eigenvalue weighted by Gasteiger charge is -2.22. The predicted molar refractivity (Wildman–Crippen MR) is 77.1 cm³/mol. The molecule has 3 N–H and O–H groups in total. The third kappa shape index (κ3) is 5.11. The van der Waals surface area contributed by atoms with E-state index in [2.05, 4.69) is 50.5 Å². The van der Waals surface area contributed by atoms with Gasteiger partial charge in [-0.05, 0) is 31.4 Å². The third-order valence-electron chi connectivity index (χ3n) is 3.06. The fourth-order valence-electron chi connectivity index (χ4n) is 1.92. The number of nitrogens with two attached hydrogens (primary N) is 1. The van der Waals surface area contributed by atoms with Crippen molar-refractivity contribution < 1.29 is 0 Å². The summed E-state index contributed by atoms with van der Waals surface area (Å²) in [6.07, 6.45) is 2.44. The van der Waals surface area contributed by atoms with Crippen LogP contribution in [-0.4, -0.2) is 11.8 Å². The molecule has 17 heavy (non-hydrogen) atoms. The maximum absolute atomic E-state index is 5.63. The zero-order valence-corrected chi connectivity index (χ0v) is 11.9. The molecule has 3 heteroatoms. The van der Waals surface area contributed by atoms with Crippen LogP contribution >= 0.6 is 11.8 Å². The standard InChI is InChI=1S/C14H24N2S/c1-4-6-12(3)14(16-15)10-17-13-8-5-7-11(2)9-13/h5,7-9,12,14,16H,4,6,10,15H2,1-3H3. The van der Waals surface area contributed by atoms with E-state index >= 15 is 0 Å². The number of aryl methyl sites for hydroxylation is 1. The van der Waals surface area contributed by atoms with Gasteiger partial charge in [0, 0.05) is 16.7 Å². The van der Waals surface area contributed by atoms with Crippen molar-refractivity contribution in [2.24, 2.45) is 11.8 Å². The zero-order valence-electron chi connectivity index (χ0n) is 11.1. The minimum Gasteiger partial charge on any atom is -0.271 e. The fourth-order valence-corrected chi connectivity index (χ4v) is 3.17. The van der Waals surface area contributed by atoms with Crippen LogP contribution in [0.25, 0.3) is 0 Å². The first-order valence-electron chi connectivity index (χ1n) is 6.33. The third-order valence-corrected chi connectivity index (χ3v) is 4.18. The normalized spacial score (nSPS) is 14.6. The number of hydrogen-bond donors (Lipinski definition) is 2. The molecule has 0 bridgehead atoms. The van der Waals surface area contributed by atoms with Crippen molar-refractivity contribution in [3.63, 3.8) is 0 Å². The maximum Gasteiger partial charge on any atom is 0.0330 e. The van der Waals surface area contributed by atoms with Crippen LogP contribution in [0.15, 0.2) is 29.2 Å². The molecular formula is C14H24N2S. The van der Waals surface area contributed by atoms with Gasteiger partial charge in [0.25, 0.3) is 0 Å². The number of hydrazine groups is 1. The smallest absolute Gasteiger partial charge is 0.0330 e. The van der Waals surface area contributed by atoms with Gasteiger partial charge in [-0.25, -0.2) is 0 Å². The topological polar surface area (TPSA) is 38.0 Å². The quantitative estimate of drug-likeness (QED) is 0.444. The van der Waals surface area contributed by atoms with Crippen LogP contribution in [0.5, 0.6) is 0 Å². The van der Waals surface area contributed by atoms with Crippen molar-refractivity contribution >= 4 is 11.8 Å². The number of benzene rings is 1. The highest BCUT2D eigenvalue weighted by Crippen LogP contribution is 2.22. The molecular weight excluding hydrogens is 228 g/mol. The van der Waals surface area contributed by atoms with Gasteiger partial charge in [0.05, 0.1) is 0 Å². The SMILES string of the molecule is CCCC(C)C(CSc1cccc(C)c1)NN. The highest BCUT2D eigenvalue weighted by atomic mass is 32.2. The average molecular weight is 252 g/mol. The van der Waals surface area contributed by atoms with E-state index in [0.717, 1.165) is 5.75 Å². The Balaban J connectivity index is 2.47. The molecule has 0 amide bonds. The van der Waals surface area contributed by atoms with Crippen molar-refractivity contribution in [3.8, 4) is 0 Å². The monoisotopic (exact) mass is 252 g/mol. The van der Waals surface area contributed by atoms with Crippen molar-refractivity contribution in [1.29, 1.82) is 0 Å². The number of hydrogen-bond acceptors (Lipinski definition) is 3. The number of nitrogens with one attached hydrogen (secondary N) is 1. The molecule has 0 aliphatic carbocycles. The minimum absolute atomic E-state index is 0.389.